The van der Waals surface area contributed by atoms with E-state index in [4.69, 9.17) is 16.0 Å². The molecule has 0 unspecified atom stereocenters. The Morgan fingerprint density at radius 1 is 1.29 bits per heavy atom. The van der Waals surface area contributed by atoms with Gasteiger partial charge in [0.05, 0.1) is 10.6 Å². The van der Waals surface area contributed by atoms with Crippen molar-refractivity contribution in [2.24, 2.45) is 0 Å². The Morgan fingerprint density at radius 3 is 2.64 bits per heavy atom. The van der Waals surface area contributed by atoms with Crippen molar-refractivity contribution in [3.63, 3.8) is 0 Å². The fraction of sp³-hybridized carbons (Fsp3) is 0.111. The Labute approximate surface area is 82.1 Å². The molecule has 0 bridgehead atoms. The number of hydrogen-bond donors (Lipinski definition) is 0. The van der Waals surface area contributed by atoms with Crippen LogP contribution in [-0.4, -0.2) is 0 Å². The standard InChI is InChI=1S/C9H3ClF3O/c10-8-5-3-4-14-7(5)2-1-6(8)9(11,12)13/h1-3H. The minimum Gasteiger partial charge on any atom is -0.453 e. The normalized spacial score (nSPS) is 12.3. The van der Waals surface area contributed by atoms with Crippen molar-refractivity contribution in [1.82, 2.24) is 0 Å². The highest BCUT2D eigenvalue weighted by Gasteiger charge is 2.33. The minimum absolute atomic E-state index is 0.224. The molecule has 0 spiro atoms. The summed E-state index contributed by atoms with van der Waals surface area (Å²) in [5.74, 6) is 0. The fourth-order valence-corrected chi connectivity index (χ4v) is 1.49. The van der Waals surface area contributed by atoms with Crippen LogP contribution in [-0.2, 0) is 6.18 Å². The zero-order chi connectivity index (χ0) is 10.3. The summed E-state index contributed by atoms with van der Waals surface area (Å²) in [6, 6.07) is 3.40. The molecule has 0 fully saturated rings. The molecule has 0 saturated carbocycles. The highest BCUT2D eigenvalue weighted by molar-refractivity contribution is 6.36. The maximum Gasteiger partial charge on any atom is 0.417 e. The number of alkyl halides is 3. The predicted octanol–water partition coefficient (Wildman–Crippen LogP) is 3.91. The smallest absolute Gasteiger partial charge is 0.417 e. The van der Waals surface area contributed by atoms with E-state index >= 15 is 0 Å². The molecule has 0 N–H and O–H groups in total. The van der Waals surface area contributed by atoms with E-state index in [1.54, 1.807) is 0 Å². The molecular formula is C9H3ClF3O. The van der Waals surface area contributed by atoms with E-state index < -0.39 is 11.7 Å². The van der Waals surface area contributed by atoms with Crippen LogP contribution in [0.3, 0.4) is 0 Å². The molecule has 2 aromatic rings. The zero-order valence-corrected chi connectivity index (χ0v) is 7.41. The molecule has 0 amide bonds. The second kappa shape index (κ2) is 2.92. The van der Waals surface area contributed by atoms with Crippen LogP contribution < -0.4 is 0 Å². The predicted molar refractivity (Wildman–Crippen MR) is 45.1 cm³/mol. The molecule has 5 heteroatoms. The number of furan rings is 1. The van der Waals surface area contributed by atoms with Gasteiger partial charge in [-0.25, -0.2) is 0 Å². The molecule has 2 rings (SSSR count). The van der Waals surface area contributed by atoms with E-state index in [1.165, 1.54) is 12.1 Å². The minimum atomic E-state index is -4.44. The Balaban J connectivity index is 2.74. The van der Waals surface area contributed by atoms with Gasteiger partial charge in [-0.15, -0.1) is 0 Å². The van der Waals surface area contributed by atoms with Gasteiger partial charge >= 0.3 is 6.18 Å². The van der Waals surface area contributed by atoms with E-state index in [-0.39, 0.29) is 10.4 Å². The molecule has 1 aromatic carbocycles. The maximum absolute atomic E-state index is 12.4. The van der Waals surface area contributed by atoms with Gasteiger partial charge in [0.2, 0.25) is 0 Å². The van der Waals surface area contributed by atoms with Crippen molar-refractivity contribution >= 4 is 22.6 Å². The van der Waals surface area contributed by atoms with Gasteiger partial charge in [-0.05, 0) is 18.2 Å². The number of fused-ring (bicyclic) bond motifs is 1. The quantitative estimate of drug-likeness (QED) is 0.655. The molecule has 0 aliphatic rings. The number of hydrogen-bond acceptors (Lipinski definition) is 1. The van der Waals surface area contributed by atoms with E-state index in [0.717, 1.165) is 6.07 Å². The van der Waals surface area contributed by atoms with E-state index in [1.807, 2.05) is 0 Å². The average molecular weight is 220 g/mol. The fourth-order valence-electron chi connectivity index (χ4n) is 1.17. The lowest BCUT2D eigenvalue weighted by atomic mass is 10.1. The van der Waals surface area contributed by atoms with E-state index in [2.05, 4.69) is 6.26 Å². The second-order valence-corrected chi connectivity index (χ2v) is 3.08. The van der Waals surface area contributed by atoms with Crippen molar-refractivity contribution in [1.29, 1.82) is 0 Å². The highest BCUT2D eigenvalue weighted by atomic mass is 35.5. The lowest BCUT2D eigenvalue weighted by molar-refractivity contribution is -0.137. The summed E-state index contributed by atoms with van der Waals surface area (Å²) in [5, 5.41) is -0.124. The first-order valence-corrected chi connectivity index (χ1v) is 4.03. The summed E-state index contributed by atoms with van der Waals surface area (Å²) in [6.07, 6.45) is -2.11. The molecular weight excluding hydrogens is 217 g/mol. The lowest BCUT2D eigenvalue weighted by Gasteiger charge is -2.08. The summed E-state index contributed by atoms with van der Waals surface area (Å²) in [5.41, 5.74) is -0.565. The third-order valence-corrected chi connectivity index (χ3v) is 2.22. The van der Waals surface area contributed by atoms with Crippen LogP contribution in [0.15, 0.2) is 22.6 Å². The molecule has 14 heavy (non-hydrogen) atoms. The van der Waals surface area contributed by atoms with Gasteiger partial charge < -0.3 is 4.42 Å². The molecule has 0 aliphatic carbocycles. The molecule has 73 valence electrons. The zero-order valence-electron chi connectivity index (χ0n) is 6.65. The van der Waals surface area contributed by atoms with Crippen LogP contribution in [0.4, 0.5) is 13.2 Å². The molecule has 1 nitrogen and oxygen atoms in total. The van der Waals surface area contributed by atoms with Gasteiger partial charge in [-0.3, -0.25) is 0 Å². The van der Waals surface area contributed by atoms with Crippen molar-refractivity contribution in [3.05, 3.63) is 35.0 Å². The molecule has 1 heterocycles. The van der Waals surface area contributed by atoms with Crippen LogP contribution in [0.5, 0.6) is 0 Å². The average Bonchev–Trinajstić information content (AvgIpc) is 2.50. The topological polar surface area (TPSA) is 13.1 Å². The Morgan fingerprint density at radius 2 is 2.00 bits per heavy atom. The van der Waals surface area contributed by atoms with Gasteiger partial charge in [-0.2, -0.15) is 13.2 Å². The SMILES string of the molecule is FC(F)(F)c1ccc2o[c]cc2c1Cl. The van der Waals surface area contributed by atoms with Gasteiger partial charge in [0.15, 0.2) is 6.26 Å². The summed E-state index contributed by atoms with van der Waals surface area (Å²) < 4.78 is 41.9. The van der Waals surface area contributed by atoms with Crippen LogP contribution >= 0.6 is 11.6 Å². The van der Waals surface area contributed by atoms with Gasteiger partial charge in [0, 0.05) is 5.39 Å². The lowest BCUT2D eigenvalue weighted by Crippen LogP contribution is -2.05. The van der Waals surface area contributed by atoms with Gasteiger partial charge in [-0.1, -0.05) is 11.6 Å². The largest absolute Gasteiger partial charge is 0.453 e. The number of benzene rings is 1. The summed E-state index contributed by atoms with van der Waals surface area (Å²) in [6.45, 7) is 0. The van der Waals surface area contributed by atoms with Crippen LogP contribution in [0, 0.1) is 6.26 Å². The molecule has 1 aromatic heterocycles. The van der Waals surface area contributed by atoms with Crippen molar-refractivity contribution in [2.75, 3.05) is 0 Å². The molecule has 0 atom stereocenters. The third-order valence-electron chi connectivity index (χ3n) is 1.82. The number of halogens is 4. The summed E-state index contributed by atoms with van der Waals surface area (Å²) in [7, 11) is 0. The first-order valence-electron chi connectivity index (χ1n) is 3.65. The summed E-state index contributed by atoms with van der Waals surface area (Å²) in [4.78, 5) is 0. The highest BCUT2D eigenvalue weighted by Crippen LogP contribution is 2.38. The first-order chi connectivity index (χ1) is 6.50. The van der Waals surface area contributed by atoms with Crippen LogP contribution in [0.2, 0.25) is 5.02 Å². The van der Waals surface area contributed by atoms with Gasteiger partial charge in [0.1, 0.15) is 5.58 Å². The van der Waals surface area contributed by atoms with E-state index in [9.17, 15) is 13.2 Å². The molecule has 0 aliphatic heterocycles. The maximum atomic E-state index is 12.4. The van der Waals surface area contributed by atoms with E-state index in [0.29, 0.717) is 5.58 Å². The van der Waals surface area contributed by atoms with Crippen molar-refractivity contribution < 1.29 is 17.6 Å². The summed E-state index contributed by atoms with van der Waals surface area (Å²) >= 11 is 5.57. The Kier molecular flexibility index (Phi) is 1.96. The third kappa shape index (κ3) is 1.35. The monoisotopic (exact) mass is 219 g/mol. The van der Waals surface area contributed by atoms with Crippen molar-refractivity contribution in [2.45, 2.75) is 6.18 Å². The van der Waals surface area contributed by atoms with Crippen molar-refractivity contribution in [3.8, 4) is 0 Å². The first kappa shape index (κ1) is 9.40. The van der Waals surface area contributed by atoms with Crippen LogP contribution in [0.25, 0.3) is 11.0 Å². The van der Waals surface area contributed by atoms with Gasteiger partial charge in [0.25, 0.3) is 0 Å². The molecule has 0 saturated heterocycles. The second-order valence-electron chi connectivity index (χ2n) is 2.70. The Bertz CT molecular complexity index is 472. The molecule has 1 radical (unpaired) electrons. The Hall–Kier alpha value is -1.16. The number of rotatable bonds is 0. The van der Waals surface area contributed by atoms with Crippen LogP contribution in [0.1, 0.15) is 5.56 Å².